The van der Waals surface area contributed by atoms with E-state index in [2.05, 4.69) is 9.72 Å². The highest BCUT2D eigenvalue weighted by Crippen LogP contribution is 2.33. The average Bonchev–Trinajstić information content (AvgIpc) is 3.08. The zero-order chi connectivity index (χ0) is 14.6. The van der Waals surface area contributed by atoms with E-state index in [1.807, 2.05) is 12.1 Å². The lowest BCUT2D eigenvalue weighted by Crippen LogP contribution is -2.33. The molecule has 1 aliphatic rings. The number of nitrogens with zero attached hydrogens (tertiary/aromatic N) is 1. The van der Waals surface area contributed by atoms with Gasteiger partial charge in [0.25, 0.3) is 0 Å². The minimum atomic E-state index is -3.33. The predicted octanol–water partition coefficient (Wildman–Crippen LogP) is 1.43. The number of esters is 1. The van der Waals surface area contributed by atoms with Crippen molar-refractivity contribution in [3.05, 3.63) is 24.0 Å². The van der Waals surface area contributed by atoms with Crippen LogP contribution in [0.5, 0.6) is 0 Å². The quantitative estimate of drug-likeness (QED) is 0.806. The molecule has 0 radical (unpaired) electrons. The van der Waals surface area contributed by atoms with E-state index in [-0.39, 0.29) is 24.2 Å². The highest BCUT2D eigenvalue weighted by molar-refractivity contribution is 7.89. The van der Waals surface area contributed by atoms with Gasteiger partial charge in [0.15, 0.2) is 0 Å². The van der Waals surface area contributed by atoms with Crippen LogP contribution in [0.3, 0.4) is 0 Å². The molecular weight excluding hydrogens is 280 g/mol. The fourth-order valence-corrected chi connectivity index (χ4v) is 4.31. The highest BCUT2D eigenvalue weighted by atomic mass is 32.2. The maximum absolute atomic E-state index is 12.4. The molecule has 2 rings (SSSR count). The molecule has 0 aliphatic carbocycles. The predicted molar refractivity (Wildman–Crippen MR) is 74.5 cm³/mol. The third-order valence-corrected chi connectivity index (χ3v) is 5.51. The van der Waals surface area contributed by atoms with Crippen LogP contribution in [0.15, 0.2) is 18.3 Å². The van der Waals surface area contributed by atoms with Gasteiger partial charge in [-0.3, -0.25) is 4.79 Å². The standard InChI is InChI=1S/C13H20N2O4S/c1-19-13(16)7-4-10-20(17,18)15-9-3-6-12(15)11-5-2-8-14-11/h2,5,8,12,14H,3-4,6-7,9-10H2,1H3. The van der Waals surface area contributed by atoms with Crippen LogP contribution in [0.25, 0.3) is 0 Å². The molecule has 20 heavy (non-hydrogen) atoms. The summed E-state index contributed by atoms with van der Waals surface area (Å²) in [5, 5.41) is 0. The molecule has 1 fully saturated rings. The van der Waals surface area contributed by atoms with Crippen molar-refractivity contribution >= 4 is 16.0 Å². The Morgan fingerprint density at radius 1 is 1.55 bits per heavy atom. The fourth-order valence-electron chi connectivity index (χ4n) is 2.55. The maximum Gasteiger partial charge on any atom is 0.305 e. The second-order valence-electron chi connectivity index (χ2n) is 4.89. The second-order valence-corrected chi connectivity index (χ2v) is 6.93. The number of aromatic amines is 1. The number of rotatable bonds is 6. The fraction of sp³-hybridized carbons (Fsp3) is 0.615. The number of hydrogen-bond donors (Lipinski definition) is 1. The van der Waals surface area contributed by atoms with Gasteiger partial charge in [0, 0.05) is 24.9 Å². The molecule has 0 spiro atoms. The molecule has 6 nitrogen and oxygen atoms in total. The third kappa shape index (κ3) is 3.40. The Bertz CT molecular complexity index is 539. The van der Waals surface area contributed by atoms with Crippen LogP contribution in [0.1, 0.15) is 37.4 Å². The van der Waals surface area contributed by atoms with E-state index < -0.39 is 10.0 Å². The molecule has 1 aromatic heterocycles. The van der Waals surface area contributed by atoms with Crippen molar-refractivity contribution in [3.8, 4) is 0 Å². The summed E-state index contributed by atoms with van der Waals surface area (Å²) in [5.74, 6) is -0.387. The summed E-state index contributed by atoms with van der Waals surface area (Å²) in [6, 6.07) is 3.68. The van der Waals surface area contributed by atoms with E-state index in [0.29, 0.717) is 13.0 Å². The average molecular weight is 300 g/mol. The topological polar surface area (TPSA) is 79.5 Å². The molecule has 0 aromatic carbocycles. The van der Waals surface area contributed by atoms with Crippen molar-refractivity contribution in [2.45, 2.75) is 31.7 Å². The van der Waals surface area contributed by atoms with Crippen molar-refractivity contribution in [2.24, 2.45) is 0 Å². The second kappa shape index (κ2) is 6.41. The molecular formula is C13H20N2O4S. The van der Waals surface area contributed by atoms with Crippen LogP contribution in [0, 0.1) is 0 Å². The van der Waals surface area contributed by atoms with Crippen molar-refractivity contribution in [3.63, 3.8) is 0 Å². The number of ether oxygens (including phenoxy) is 1. The molecule has 1 aliphatic heterocycles. The number of sulfonamides is 1. The van der Waals surface area contributed by atoms with Gasteiger partial charge in [-0.15, -0.1) is 0 Å². The van der Waals surface area contributed by atoms with Gasteiger partial charge in [-0.25, -0.2) is 8.42 Å². The molecule has 1 atom stereocenters. The van der Waals surface area contributed by atoms with E-state index >= 15 is 0 Å². The van der Waals surface area contributed by atoms with Crippen LogP contribution >= 0.6 is 0 Å². The van der Waals surface area contributed by atoms with Gasteiger partial charge in [-0.05, 0) is 31.4 Å². The van der Waals surface area contributed by atoms with Crippen molar-refractivity contribution in [2.75, 3.05) is 19.4 Å². The molecule has 1 N–H and O–H groups in total. The minimum Gasteiger partial charge on any atom is -0.469 e. The Morgan fingerprint density at radius 2 is 2.35 bits per heavy atom. The SMILES string of the molecule is COC(=O)CCCS(=O)(=O)N1CCCC1c1ccc[nH]1. The Kier molecular flexibility index (Phi) is 4.82. The first-order valence-corrected chi connectivity index (χ1v) is 8.35. The number of H-pyrrole nitrogens is 1. The van der Waals surface area contributed by atoms with E-state index in [4.69, 9.17) is 0 Å². The zero-order valence-electron chi connectivity index (χ0n) is 11.5. The van der Waals surface area contributed by atoms with Gasteiger partial charge in [0.2, 0.25) is 10.0 Å². The van der Waals surface area contributed by atoms with Gasteiger partial charge in [0.1, 0.15) is 0 Å². The minimum absolute atomic E-state index is 0.0146. The molecule has 0 saturated carbocycles. The summed E-state index contributed by atoms with van der Waals surface area (Å²) in [6.45, 7) is 0.546. The number of aromatic nitrogens is 1. The summed E-state index contributed by atoms with van der Waals surface area (Å²) in [7, 11) is -2.03. The first-order valence-electron chi connectivity index (χ1n) is 6.74. The largest absolute Gasteiger partial charge is 0.469 e. The highest BCUT2D eigenvalue weighted by Gasteiger charge is 2.35. The summed E-state index contributed by atoms with van der Waals surface area (Å²) >= 11 is 0. The molecule has 0 bridgehead atoms. The lowest BCUT2D eigenvalue weighted by atomic mass is 10.2. The summed E-state index contributed by atoms with van der Waals surface area (Å²) in [4.78, 5) is 14.1. The summed E-state index contributed by atoms with van der Waals surface area (Å²) in [5.41, 5.74) is 0.930. The Balaban J connectivity index is 1.99. The van der Waals surface area contributed by atoms with Gasteiger partial charge < -0.3 is 9.72 Å². The van der Waals surface area contributed by atoms with Gasteiger partial charge in [-0.1, -0.05) is 0 Å². The number of hydrogen-bond acceptors (Lipinski definition) is 4. The third-order valence-electron chi connectivity index (χ3n) is 3.55. The van der Waals surface area contributed by atoms with Crippen molar-refractivity contribution < 1.29 is 17.9 Å². The monoisotopic (exact) mass is 300 g/mol. The Hall–Kier alpha value is -1.34. The van der Waals surface area contributed by atoms with E-state index in [9.17, 15) is 13.2 Å². The lowest BCUT2D eigenvalue weighted by molar-refractivity contribution is -0.140. The van der Waals surface area contributed by atoms with Crippen LogP contribution in [-0.4, -0.2) is 43.1 Å². The van der Waals surface area contributed by atoms with Crippen LogP contribution in [0.2, 0.25) is 0 Å². The number of carbonyl (C=O) groups excluding carboxylic acids is 1. The van der Waals surface area contributed by atoms with Gasteiger partial charge in [-0.2, -0.15) is 4.31 Å². The van der Waals surface area contributed by atoms with Crippen molar-refractivity contribution in [1.82, 2.24) is 9.29 Å². The molecule has 1 aromatic rings. The molecule has 1 saturated heterocycles. The molecule has 7 heteroatoms. The van der Waals surface area contributed by atoms with Crippen LogP contribution in [-0.2, 0) is 19.6 Å². The first kappa shape index (κ1) is 15.1. The van der Waals surface area contributed by atoms with Crippen molar-refractivity contribution in [1.29, 1.82) is 0 Å². The lowest BCUT2D eigenvalue weighted by Gasteiger charge is -2.23. The van der Waals surface area contributed by atoms with Crippen LogP contribution in [0.4, 0.5) is 0 Å². The Morgan fingerprint density at radius 3 is 3.00 bits per heavy atom. The summed E-state index contributed by atoms with van der Waals surface area (Å²) < 4.78 is 30.8. The van der Waals surface area contributed by atoms with E-state index in [1.165, 1.54) is 7.11 Å². The Labute approximate surface area is 119 Å². The molecule has 1 unspecified atom stereocenters. The number of methoxy groups -OCH3 is 1. The van der Waals surface area contributed by atoms with E-state index in [0.717, 1.165) is 18.5 Å². The number of nitrogens with one attached hydrogen (secondary N) is 1. The van der Waals surface area contributed by atoms with Crippen LogP contribution < -0.4 is 0 Å². The molecule has 2 heterocycles. The number of carbonyl (C=O) groups is 1. The van der Waals surface area contributed by atoms with E-state index in [1.54, 1.807) is 10.5 Å². The smallest absolute Gasteiger partial charge is 0.305 e. The van der Waals surface area contributed by atoms with Gasteiger partial charge >= 0.3 is 5.97 Å². The molecule has 112 valence electrons. The summed E-state index contributed by atoms with van der Waals surface area (Å²) in [6.07, 6.45) is 3.92. The molecule has 0 amide bonds. The normalized spacial score (nSPS) is 20.1. The van der Waals surface area contributed by atoms with Gasteiger partial charge in [0.05, 0.1) is 18.9 Å². The zero-order valence-corrected chi connectivity index (χ0v) is 12.4. The first-order chi connectivity index (χ1) is 9.54. The maximum atomic E-state index is 12.4.